The van der Waals surface area contributed by atoms with Crippen LogP contribution in [0.2, 0.25) is 0 Å². The van der Waals surface area contributed by atoms with Crippen molar-refractivity contribution in [2.75, 3.05) is 6.61 Å². The number of hydrogen-bond donors (Lipinski definition) is 0. The van der Waals surface area contributed by atoms with Gasteiger partial charge < -0.3 is 4.74 Å². The van der Waals surface area contributed by atoms with Crippen LogP contribution >= 0.6 is 0 Å². The van der Waals surface area contributed by atoms with Crippen LogP contribution in [-0.2, 0) is 10.9 Å². The summed E-state index contributed by atoms with van der Waals surface area (Å²) in [5, 5.41) is 4.20. The predicted octanol–water partition coefficient (Wildman–Crippen LogP) is 4.13. The molecule has 0 bridgehead atoms. The van der Waals surface area contributed by atoms with Crippen LogP contribution in [0.3, 0.4) is 0 Å². The SMILES string of the molecule is CCOC(=O)c1cc(-c2cccnc2)nn1-c1ccccc1C(F)(F)F. The molecule has 0 radical (unpaired) electrons. The molecule has 0 aliphatic rings. The Balaban J connectivity index is 2.21. The highest BCUT2D eigenvalue weighted by atomic mass is 19.4. The van der Waals surface area contributed by atoms with Crippen molar-refractivity contribution in [3.8, 4) is 16.9 Å². The van der Waals surface area contributed by atoms with Gasteiger partial charge in [0.05, 0.1) is 23.6 Å². The summed E-state index contributed by atoms with van der Waals surface area (Å²) in [6.45, 7) is 1.71. The molecule has 0 atom stereocenters. The Hall–Kier alpha value is -3.16. The summed E-state index contributed by atoms with van der Waals surface area (Å²) in [5.41, 5.74) is -0.355. The zero-order valence-electron chi connectivity index (χ0n) is 13.7. The Kier molecular flexibility index (Phi) is 4.75. The second-order valence-corrected chi connectivity index (χ2v) is 5.30. The van der Waals surface area contributed by atoms with Crippen LogP contribution in [-0.4, -0.2) is 27.3 Å². The van der Waals surface area contributed by atoms with E-state index in [9.17, 15) is 18.0 Å². The topological polar surface area (TPSA) is 57.0 Å². The second-order valence-electron chi connectivity index (χ2n) is 5.30. The van der Waals surface area contributed by atoms with Crippen molar-refractivity contribution < 1.29 is 22.7 Å². The van der Waals surface area contributed by atoms with E-state index in [0.29, 0.717) is 11.3 Å². The van der Waals surface area contributed by atoms with E-state index in [1.807, 2.05) is 0 Å². The lowest BCUT2D eigenvalue weighted by molar-refractivity contribution is -0.137. The molecule has 2 aromatic heterocycles. The first-order valence-corrected chi connectivity index (χ1v) is 7.76. The van der Waals surface area contributed by atoms with E-state index in [-0.39, 0.29) is 18.0 Å². The van der Waals surface area contributed by atoms with Crippen LogP contribution in [0.25, 0.3) is 16.9 Å². The van der Waals surface area contributed by atoms with E-state index in [2.05, 4.69) is 10.1 Å². The number of carbonyl (C=O) groups excluding carboxylic acids is 1. The van der Waals surface area contributed by atoms with E-state index >= 15 is 0 Å². The number of aromatic nitrogens is 3. The van der Waals surface area contributed by atoms with Gasteiger partial charge in [-0.3, -0.25) is 4.98 Å². The van der Waals surface area contributed by atoms with Crippen LogP contribution < -0.4 is 0 Å². The maximum absolute atomic E-state index is 13.4. The van der Waals surface area contributed by atoms with Crippen LogP contribution in [0.5, 0.6) is 0 Å². The lowest BCUT2D eigenvalue weighted by Gasteiger charge is -2.14. The largest absolute Gasteiger partial charge is 0.461 e. The van der Waals surface area contributed by atoms with E-state index < -0.39 is 17.7 Å². The molecule has 0 fully saturated rings. The summed E-state index contributed by atoms with van der Waals surface area (Å²) < 4.78 is 46.1. The molecule has 0 saturated carbocycles. The highest BCUT2D eigenvalue weighted by molar-refractivity contribution is 5.90. The van der Waals surface area contributed by atoms with Crippen molar-refractivity contribution in [2.45, 2.75) is 13.1 Å². The van der Waals surface area contributed by atoms with Gasteiger partial charge in [0.2, 0.25) is 0 Å². The van der Waals surface area contributed by atoms with E-state index in [1.54, 1.807) is 25.3 Å². The van der Waals surface area contributed by atoms with E-state index in [1.165, 1.54) is 30.5 Å². The quantitative estimate of drug-likeness (QED) is 0.656. The van der Waals surface area contributed by atoms with Gasteiger partial charge in [0.25, 0.3) is 0 Å². The smallest absolute Gasteiger partial charge is 0.418 e. The molecule has 134 valence electrons. The monoisotopic (exact) mass is 361 g/mol. The van der Waals surface area contributed by atoms with Crippen molar-refractivity contribution in [1.82, 2.24) is 14.8 Å². The van der Waals surface area contributed by atoms with Crippen LogP contribution in [0.4, 0.5) is 13.2 Å². The number of pyridine rings is 1. The van der Waals surface area contributed by atoms with Crippen LogP contribution in [0.15, 0.2) is 54.9 Å². The number of halogens is 3. The molecule has 0 aliphatic carbocycles. The van der Waals surface area contributed by atoms with Gasteiger partial charge >= 0.3 is 12.1 Å². The first-order chi connectivity index (χ1) is 12.4. The van der Waals surface area contributed by atoms with E-state index in [4.69, 9.17) is 4.74 Å². The van der Waals surface area contributed by atoms with Gasteiger partial charge in [-0.05, 0) is 37.3 Å². The number of ether oxygens (including phenoxy) is 1. The zero-order valence-corrected chi connectivity index (χ0v) is 13.7. The molecule has 2 heterocycles. The highest BCUT2D eigenvalue weighted by Crippen LogP contribution is 2.34. The number of nitrogens with zero attached hydrogens (tertiary/aromatic N) is 3. The first-order valence-electron chi connectivity index (χ1n) is 7.76. The van der Waals surface area contributed by atoms with Gasteiger partial charge in [0, 0.05) is 18.0 Å². The third kappa shape index (κ3) is 3.44. The maximum atomic E-state index is 13.4. The average molecular weight is 361 g/mol. The summed E-state index contributed by atoms with van der Waals surface area (Å²) in [4.78, 5) is 16.2. The lowest BCUT2D eigenvalue weighted by atomic mass is 10.1. The number of esters is 1. The van der Waals surface area contributed by atoms with Gasteiger partial charge in [0.15, 0.2) is 5.69 Å². The standard InChI is InChI=1S/C18H14F3N3O2/c1-2-26-17(25)16-10-14(12-6-5-9-22-11-12)23-24(16)15-8-4-3-7-13(15)18(19,20)21/h3-11H,2H2,1H3. The van der Waals surface area contributed by atoms with Gasteiger partial charge in [0.1, 0.15) is 0 Å². The minimum Gasteiger partial charge on any atom is -0.461 e. The fraction of sp³-hybridized carbons (Fsp3) is 0.167. The summed E-state index contributed by atoms with van der Waals surface area (Å²) in [5.74, 6) is -0.757. The summed E-state index contributed by atoms with van der Waals surface area (Å²) >= 11 is 0. The molecule has 0 amide bonds. The van der Waals surface area contributed by atoms with Crippen LogP contribution in [0, 0.1) is 0 Å². The molecule has 5 nitrogen and oxygen atoms in total. The van der Waals surface area contributed by atoms with Gasteiger partial charge in [-0.1, -0.05) is 12.1 Å². The number of benzene rings is 1. The molecule has 0 spiro atoms. The molecular weight excluding hydrogens is 347 g/mol. The molecule has 0 unspecified atom stereocenters. The zero-order chi connectivity index (χ0) is 18.7. The Morgan fingerprint density at radius 3 is 2.62 bits per heavy atom. The Labute approximate surface area is 147 Å². The maximum Gasteiger partial charge on any atom is 0.418 e. The number of alkyl halides is 3. The Morgan fingerprint density at radius 1 is 1.19 bits per heavy atom. The average Bonchev–Trinajstić information content (AvgIpc) is 3.07. The molecule has 0 aliphatic heterocycles. The highest BCUT2D eigenvalue weighted by Gasteiger charge is 2.35. The lowest BCUT2D eigenvalue weighted by Crippen LogP contribution is -2.16. The number of carbonyl (C=O) groups is 1. The first kappa shape index (κ1) is 17.7. The molecule has 0 saturated heterocycles. The number of para-hydroxylation sites is 1. The van der Waals surface area contributed by atoms with Crippen molar-refractivity contribution in [2.24, 2.45) is 0 Å². The van der Waals surface area contributed by atoms with Gasteiger partial charge in [-0.2, -0.15) is 18.3 Å². The van der Waals surface area contributed by atoms with Crippen molar-refractivity contribution in [1.29, 1.82) is 0 Å². The fourth-order valence-electron chi connectivity index (χ4n) is 2.47. The number of hydrogen-bond acceptors (Lipinski definition) is 4. The van der Waals surface area contributed by atoms with Crippen molar-refractivity contribution in [3.05, 3.63) is 66.1 Å². The molecule has 0 N–H and O–H groups in total. The second kappa shape index (κ2) is 6.99. The summed E-state index contributed by atoms with van der Waals surface area (Å²) in [6.07, 6.45) is -1.52. The minimum absolute atomic E-state index is 0.0904. The molecular formula is C18H14F3N3O2. The van der Waals surface area contributed by atoms with Crippen molar-refractivity contribution >= 4 is 5.97 Å². The van der Waals surface area contributed by atoms with Crippen molar-refractivity contribution in [3.63, 3.8) is 0 Å². The Bertz CT molecular complexity index is 921. The summed E-state index contributed by atoms with van der Waals surface area (Å²) in [7, 11) is 0. The third-order valence-electron chi connectivity index (χ3n) is 3.59. The molecule has 26 heavy (non-hydrogen) atoms. The van der Waals surface area contributed by atoms with Gasteiger partial charge in [-0.15, -0.1) is 0 Å². The van der Waals surface area contributed by atoms with Crippen LogP contribution in [0.1, 0.15) is 23.0 Å². The molecule has 1 aromatic carbocycles. The third-order valence-corrected chi connectivity index (χ3v) is 3.59. The number of rotatable bonds is 4. The molecule has 3 aromatic rings. The molecule has 8 heteroatoms. The van der Waals surface area contributed by atoms with Gasteiger partial charge in [-0.25, -0.2) is 9.48 Å². The fourth-order valence-corrected chi connectivity index (χ4v) is 2.47. The Morgan fingerprint density at radius 2 is 1.96 bits per heavy atom. The summed E-state index contributed by atoms with van der Waals surface area (Å²) in [6, 6.07) is 9.68. The predicted molar refractivity (Wildman–Crippen MR) is 87.8 cm³/mol. The minimum atomic E-state index is -4.59. The normalized spacial score (nSPS) is 11.4. The molecule has 3 rings (SSSR count). The van der Waals surface area contributed by atoms with E-state index in [0.717, 1.165) is 10.7 Å².